The molecule has 3 aromatic rings. The number of rotatable bonds is 9. The molecule has 0 saturated carbocycles. The number of anilines is 1. The van der Waals surface area contributed by atoms with Crippen molar-refractivity contribution in [3.8, 4) is 0 Å². The van der Waals surface area contributed by atoms with Crippen LogP contribution in [-0.2, 0) is 27.7 Å². The van der Waals surface area contributed by atoms with Crippen LogP contribution >= 0.6 is 0 Å². The van der Waals surface area contributed by atoms with Crippen molar-refractivity contribution in [3.63, 3.8) is 0 Å². The lowest BCUT2D eigenvalue weighted by atomic mass is 10.1. The highest BCUT2D eigenvalue weighted by Crippen LogP contribution is 2.17. The van der Waals surface area contributed by atoms with Gasteiger partial charge >= 0.3 is 0 Å². The second-order valence-electron chi connectivity index (χ2n) is 9.62. The lowest BCUT2D eigenvalue weighted by Gasteiger charge is -2.20. The lowest BCUT2D eigenvalue weighted by Crippen LogP contribution is -2.40. The Morgan fingerprint density at radius 3 is 2.18 bits per heavy atom. The summed E-state index contributed by atoms with van der Waals surface area (Å²) < 4.78 is 32.6. The number of nitrogens with zero attached hydrogens (tertiary/aromatic N) is 2. The number of amides is 1. The minimum atomic E-state index is -3.58. The minimum absolute atomic E-state index is 0.112. The molecule has 0 aliphatic heterocycles. The van der Waals surface area contributed by atoms with Gasteiger partial charge in [0.1, 0.15) is 0 Å². The van der Waals surface area contributed by atoms with Crippen LogP contribution in [0.5, 0.6) is 0 Å². The average Bonchev–Trinajstić information content (AvgIpc) is 3.21. The molecular formula is C25H32N4O4S. The summed E-state index contributed by atoms with van der Waals surface area (Å²) in [5.74, 6) is 1.33. The molecule has 0 atom stereocenters. The number of carbonyl (C=O) groups is 1. The first-order valence-electron chi connectivity index (χ1n) is 11.3. The quantitative estimate of drug-likeness (QED) is 0.464. The van der Waals surface area contributed by atoms with E-state index in [-0.39, 0.29) is 23.1 Å². The second kappa shape index (κ2) is 10.5. The van der Waals surface area contributed by atoms with Gasteiger partial charge in [-0.15, -0.1) is 0 Å². The summed E-state index contributed by atoms with van der Waals surface area (Å²) in [6.45, 7) is 9.38. The average molecular weight is 485 g/mol. The second-order valence-corrected chi connectivity index (χ2v) is 11.3. The first-order valence-corrected chi connectivity index (χ1v) is 12.7. The molecule has 0 radical (unpaired) electrons. The molecule has 34 heavy (non-hydrogen) atoms. The number of nitrogens with one attached hydrogen (secondary N) is 2. The summed E-state index contributed by atoms with van der Waals surface area (Å²) in [5.41, 5.74) is 2.06. The molecule has 2 N–H and O–H groups in total. The molecule has 0 bridgehead atoms. The predicted molar refractivity (Wildman–Crippen MR) is 131 cm³/mol. The minimum Gasteiger partial charge on any atom is -0.339 e. The monoisotopic (exact) mass is 484 g/mol. The number of aryl methyl sites for hydroxylation is 1. The van der Waals surface area contributed by atoms with Gasteiger partial charge in [0.25, 0.3) is 0 Å². The Balaban J connectivity index is 1.50. The van der Waals surface area contributed by atoms with Gasteiger partial charge in [-0.3, -0.25) is 4.79 Å². The maximum Gasteiger partial charge on any atom is 0.241 e. The van der Waals surface area contributed by atoms with Gasteiger partial charge in [0.2, 0.25) is 21.8 Å². The Morgan fingerprint density at radius 1 is 1.00 bits per heavy atom. The number of aromatic nitrogens is 2. The number of hydrogen-bond acceptors (Lipinski definition) is 6. The third-order valence-corrected chi connectivity index (χ3v) is 6.67. The van der Waals surface area contributed by atoms with Crippen LogP contribution in [0.3, 0.4) is 0 Å². The van der Waals surface area contributed by atoms with Crippen molar-refractivity contribution in [2.45, 2.75) is 70.2 Å². The van der Waals surface area contributed by atoms with E-state index in [1.165, 1.54) is 0 Å². The van der Waals surface area contributed by atoms with Crippen molar-refractivity contribution in [1.29, 1.82) is 0 Å². The normalized spacial score (nSPS) is 12.2. The van der Waals surface area contributed by atoms with Crippen molar-refractivity contribution >= 4 is 21.6 Å². The molecule has 1 aromatic heterocycles. The van der Waals surface area contributed by atoms with E-state index < -0.39 is 15.6 Å². The first-order chi connectivity index (χ1) is 15.9. The molecule has 0 spiro atoms. The highest BCUT2D eigenvalue weighted by molar-refractivity contribution is 7.89. The van der Waals surface area contributed by atoms with Gasteiger partial charge in [0.15, 0.2) is 5.82 Å². The SMILES string of the molecule is CC(C)c1nc(Cc2ccc(NC(=O)CCc3ccc(S(=O)(=O)NC(C)(C)C)cc3)cc2)no1. The third kappa shape index (κ3) is 7.50. The van der Waals surface area contributed by atoms with Gasteiger partial charge in [-0.1, -0.05) is 43.3 Å². The molecule has 1 amide bonds. The van der Waals surface area contributed by atoms with Gasteiger partial charge in [0.05, 0.1) is 4.90 Å². The zero-order valence-corrected chi connectivity index (χ0v) is 21.1. The molecule has 8 nitrogen and oxygen atoms in total. The van der Waals surface area contributed by atoms with E-state index in [9.17, 15) is 13.2 Å². The van der Waals surface area contributed by atoms with E-state index in [0.29, 0.717) is 30.2 Å². The third-order valence-electron chi connectivity index (χ3n) is 4.89. The fraction of sp³-hybridized carbons (Fsp3) is 0.400. The van der Waals surface area contributed by atoms with Crippen molar-refractivity contribution in [1.82, 2.24) is 14.9 Å². The van der Waals surface area contributed by atoms with E-state index in [1.54, 1.807) is 45.0 Å². The molecule has 0 aliphatic carbocycles. The fourth-order valence-corrected chi connectivity index (χ4v) is 4.66. The van der Waals surface area contributed by atoms with Crippen LogP contribution in [0.2, 0.25) is 0 Å². The Morgan fingerprint density at radius 2 is 1.62 bits per heavy atom. The molecule has 1 heterocycles. The summed E-state index contributed by atoms with van der Waals surface area (Å²) in [6.07, 6.45) is 1.35. The van der Waals surface area contributed by atoms with Gasteiger partial charge in [0, 0.05) is 30.0 Å². The van der Waals surface area contributed by atoms with Gasteiger partial charge < -0.3 is 9.84 Å². The van der Waals surface area contributed by atoms with Crippen molar-refractivity contribution in [2.75, 3.05) is 5.32 Å². The molecule has 182 valence electrons. The van der Waals surface area contributed by atoms with Crippen molar-refractivity contribution < 1.29 is 17.7 Å². The number of sulfonamides is 1. The molecule has 0 unspecified atom stereocenters. The fourth-order valence-electron chi connectivity index (χ4n) is 3.24. The van der Waals surface area contributed by atoms with Gasteiger partial charge in [-0.05, 0) is 62.6 Å². The van der Waals surface area contributed by atoms with E-state index in [2.05, 4.69) is 20.2 Å². The highest BCUT2D eigenvalue weighted by atomic mass is 32.2. The summed E-state index contributed by atoms with van der Waals surface area (Å²) in [4.78, 5) is 16.9. The van der Waals surface area contributed by atoms with Gasteiger partial charge in [-0.2, -0.15) is 4.98 Å². The van der Waals surface area contributed by atoms with E-state index in [1.807, 2.05) is 38.1 Å². The van der Waals surface area contributed by atoms with E-state index in [4.69, 9.17) is 4.52 Å². The molecule has 0 fully saturated rings. The molecule has 2 aromatic carbocycles. The van der Waals surface area contributed by atoms with E-state index >= 15 is 0 Å². The molecule has 3 rings (SSSR count). The van der Waals surface area contributed by atoms with Crippen LogP contribution in [0.4, 0.5) is 5.69 Å². The molecule has 0 aliphatic rings. The van der Waals surface area contributed by atoms with E-state index in [0.717, 1.165) is 11.1 Å². The Kier molecular flexibility index (Phi) is 7.89. The summed E-state index contributed by atoms with van der Waals surface area (Å²) >= 11 is 0. The largest absolute Gasteiger partial charge is 0.339 e. The van der Waals surface area contributed by atoms with Crippen LogP contribution < -0.4 is 10.0 Å². The van der Waals surface area contributed by atoms with Crippen LogP contribution in [0, 0.1) is 0 Å². The maximum atomic E-state index is 12.4. The van der Waals surface area contributed by atoms with Crippen molar-refractivity contribution in [3.05, 3.63) is 71.4 Å². The Hall–Kier alpha value is -3.04. The van der Waals surface area contributed by atoms with Crippen LogP contribution in [0.15, 0.2) is 57.9 Å². The lowest BCUT2D eigenvalue weighted by molar-refractivity contribution is -0.116. The first kappa shape index (κ1) is 25.6. The van der Waals surface area contributed by atoms with Crippen LogP contribution in [-0.4, -0.2) is 30.0 Å². The molecule has 0 saturated heterocycles. The topological polar surface area (TPSA) is 114 Å². The molecule has 9 heteroatoms. The highest BCUT2D eigenvalue weighted by Gasteiger charge is 2.21. The Bertz CT molecular complexity index is 1210. The number of hydrogen-bond donors (Lipinski definition) is 2. The van der Waals surface area contributed by atoms with Crippen LogP contribution in [0.1, 0.15) is 69.8 Å². The summed E-state index contributed by atoms with van der Waals surface area (Å²) in [6, 6.07) is 14.1. The molecular weight excluding hydrogens is 452 g/mol. The summed E-state index contributed by atoms with van der Waals surface area (Å²) in [7, 11) is -3.58. The van der Waals surface area contributed by atoms with Crippen molar-refractivity contribution in [2.24, 2.45) is 0 Å². The predicted octanol–water partition coefficient (Wildman–Crippen LogP) is 4.43. The standard InChI is InChI=1S/C25H32N4O4S/c1-17(2)24-27-22(28-33-24)16-19-6-11-20(12-7-19)26-23(30)15-10-18-8-13-21(14-9-18)34(31,32)29-25(3,4)5/h6-9,11-14,17,29H,10,15-16H2,1-5H3,(H,26,30). The Labute approximate surface area is 201 Å². The summed E-state index contributed by atoms with van der Waals surface area (Å²) in [5, 5.41) is 6.89. The van der Waals surface area contributed by atoms with Crippen LogP contribution in [0.25, 0.3) is 0 Å². The smallest absolute Gasteiger partial charge is 0.241 e. The maximum absolute atomic E-state index is 12.4. The number of benzene rings is 2. The zero-order valence-electron chi connectivity index (χ0n) is 20.3. The number of carbonyl (C=O) groups excluding carboxylic acids is 1. The zero-order chi connectivity index (χ0) is 24.9. The van der Waals surface area contributed by atoms with Gasteiger partial charge in [-0.25, -0.2) is 13.1 Å².